The minimum absolute atomic E-state index is 0.0345. The SMILES string of the molecule is CC(C)(C)OC(=O)N1CCC(NC(=O)c2ccc(CN3CC4(CCN(Cc5ccc(C(F)(F)F)cc5)CC4)OC3=O)cc2)CC1. The van der Waals surface area contributed by atoms with Gasteiger partial charge in [0.15, 0.2) is 0 Å². The molecule has 0 radical (unpaired) electrons. The van der Waals surface area contributed by atoms with Crippen LogP contribution in [0, 0.1) is 0 Å². The summed E-state index contributed by atoms with van der Waals surface area (Å²) in [6, 6.07) is 12.4. The van der Waals surface area contributed by atoms with Crippen LogP contribution in [0.25, 0.3) is 0 Å². The average molecular weight is 631 g/mol. The third-order valence-corrected chi connectivity index (χ3v) is 8.57. The number of halogens is 3. The molecule has 1 spiro atoms. The van der Waals surface area contributed by atoms with Crippen molar-refractivity contribution < 1.29 is 37.0 Å². The summed E-state index contributed by atoms with van der Waals surface area (Å²) in [7, 11) is 0. The van der Waals surface area contributed by atoms with Crippen molar-refractivity contribution in [2.24, 2.45) is 0 Å². The fourth-order valence-corrected chi connectivity index (χ4v) is 6.03. The fraction of sp³-hybridized carbons (Fsp3) is 0.545. The Kier molecular flexibility index (Phi) is 9.34. The van der Waals surface area contributed by atoms with E-state index in [9.17, 15) is 27.6 Å². The van der Waals surface area contributed by atoms with E-state index >= 15 is 0 Å². The quantitative estimate of drug-likeness (QED) is 0.433. The van der Waals surface area contributed by atoms with E-state index in [1.807, 2.05) is 32.9 Å². The van der Waals surface area contributed by atoms with Crippen molar-refractivity contribution in [3.05, 3.63) is 70.8 Å². The van der Waals surface area contributed by atoms with Gasteiger partial charge in [-0.3, -0.25) is 14.6 Å². The highest BCUT2D eigenvalue weighted by atomic mass is 19.4. The molecule has 0 unspecified atom stereocenters. The van der Waals surface area contributed by atoms with Gasteiger partial charge in [-0.2, -0.15) is 13.2 Å². The highest BCUT2D eigenvalue weighted by Gasteiger charge is 2.46. The number of hydrogen-bond donors (Lipinski definition) is 1. The molecule has 0 saturated carbocycles. The van der Waals surface area contributed by atoms with Crippen LogP contribution >= 0.6 is 0 Å². The van der Waals surface area contributed by atoms with E-state index in [1.165, 1.54) is 12.1 Å². The number of piperidine rings is 2. The number of carbonyl (C=O) groups excluding carboxylic acids is 3. The first-order chi connectivity index (χ1) is 21.2. The first-order valence-corrected chi connectivity index (χ1v) is 15.4. The molecule has 2 aromatic carbocycles. The highest BCUT2D eigenvalue weighted by molar-refractivity contribution is 5.94. The van der Waals surface area contributed by atoms with Gasteiger partial charge in [0, 0.05) is 63.7 Å². The van der Waals surface area contributed by atoms with E-state index in [2.05, 4.69) is 10.2 Å². The van der Waals surface area contributed by atoms with Crippen molar-refractivity contribution in [3.8, 4) is 0 Å². The molecule has 3 aliphatic heterocycles. The van der Waals surface area contributed by atoms with Crippen LogP contribution in [0.3, 0.4) is 0 Å². The number of ether oxygens (including phenoxy) is 2. The Morgan fingerprint density at radius 3 is 2.07 bits per heavy atom. The Balaban J connectivity index is 1.06. The smallest absolute Gasteiger partial charge is 0.416 e. The Bertz CT molecular complexity index is 1360. The Morgan fingerprint density at radius 1 is 0.911 bits per heavy atom. The molecule has 3 amide bonds. The zero-order valence-corrected chi connectivity index (χ0v) is 26.0. The molecule has 5 rings (SSSR count). The molecule has 3 saturated heterocycles. The zero-order chi connectivity index (χ0) is 32.4. The number of rotatable bonds is 6. The molecule has 12 heteroatoms. The van der Waals surface area contributed by atoms with Gasteiger partial charge in [0.2, 0.25) is 0 Å². The summed E-state index contributed by atoms with van der Waals surface area (Å²) in [4.78, 5) is 43.4. The van der Waals surface area contributed by atoms with E-state index < -0.39 is 22.9 Å². The summed E-state index contributed by atoms with van der Waals surface area (Å²) in [6.45, 7) is 9.24. The van der Waals surface area contributed by atoms with Crippen LogP contribution < -0.4 is 5.32 Å². The first-order valence-electron chi connectivity index (χ1n) is 15.4. The van der Waals surface area contributed by atoms with Crippen LogP contribution in [0.2, 0.25) is 0 Å². The van der Waals surface area contributed by atoms with E-state index in [0.717, 1.165) is 23.3 Å². The number of alkyl halides is 3. The second-order valence-corrected chi connectivity index (χ2v) is 13.3. The third kappa shape index (κ3) is 8.47. The first kappa shape index (κ1) is 32.6. The van der Waals surface area contributed by atoms with Gasteiger partial charge < -0.3 is 19.7 Å². The molecule has 0 atom stereocenters. The maximum Gasteiger partial charge on any atom is 0.416 e. The fourth-order valence-electron chi connectivity index (χ4n) is 6.03. The Morgan fingerprint density at radius 2 is 1.49 bits per heavy atom. The number of likely N-dealkylation sites (tertiary alicyclic amines) is 2. The summed E-state index contributed by atoms with van der Waals surface area (Å²) in [6.07, 6.45) is -2.47. The van der Waals surface area contributed by atoms with E-state index in [1.54, 1.807) is 21.9 Å². The summed E-state index contributed by atoms with van der Waals surface area (Å²) >= 11 is 0. The van der Waals surface area contributed by atoms with Crippen LogP contribution in [0.4, 0.5) is 22.8 Å². The lowest BCUT2D eigenvalue weighted by atomic mass is 9.91. The van der Waals surface area contributed by atoms with Gasteiger partial charge in [-0.05, 0) is 69.0 Å². The minimum atomic E-state index is -4.35. The largest absolute Gasteiger partial charge is 0.444 e. The van der Waals surface area contributed by atoms with Gasteiger partial charge in [-0.25, -0.2) is 9.59 Å². The lowest BCUT2D eigenvalue weighted by Crippen LogP contribution is -2.47. The molecule has 244 valence electrons. The Labute approximate surface area is 261 Å². The van der Waals surface area contributed by atoms with E-state index in [-0.39, 0.29) is 24.1 Å². The van der Waals surface area contributed by atoms with Crippen molar-refractivity contribution in [2.45, 2.75) is 83.0 Å². The van der Waals surface area contributed by atoms with Gasteiger partial charge in [0.05, 0.1) is 12.1 Å². The maximum atomic E-state index is 12.9. The van der Waals surface area contributed by atoms with E-state index in [0.29, 0.717) is 77.1 Å². The topological polar surface area (TPSA) is 91.4 Å². The number of nitrogens with zero attached hydrogens (tertiary/aromatic N) is 3. The van der Waals surface area contributed by atoms with Crippen molar-refractivity contribution >= 4 is 18.1 Å². The van der Waals surface area contributed by atoms with Gasteiger partial charge in [-0.15, -0.1) is 0 Å². The molecular formula is C33H41F3N4O5. The lowest BCUT2D eigenvalue weighted by molar-refractivity contribution is -0.137. The van der Waals surface area contributed by atoms with Crippen molar-refractivity contribution in [1.29, 1.82) is 0 Å². The normalized spacial score (nSPS) is 19.5. The van der Waals surface area contributed by atoms with Crippen molar-refractivity contribution in [2.75, 3.05) is 32.7 Å². The second-order valence-electron chi connectivity index (χ2n) is 13.3. The predicted molar refractivity (Wildman–Crippen MR) is 160 cm³/mol. The lowest BCUT2D eigenvalue weighted by Gasteiger charge is -2.37. The molecule has 0 aromatic heterocycles. The van der Waals surface area contributed by atoms with Gasteiger partial charge in [0.25, 0.3) is 5.91 Å². The molecule has 3 aliphatic rings. The second kappa shape index (κ2) is 12.9. The van der Waals surface area contributed by atoms with Crippen molar-refractivity contribution in [1.82, 2.24) is 20.0 Å². The summed E-state index contributed by atoms with van der Waals surface area (Å²) in [5.41, 5.74) is 0.428. The molecule has 3 heterocycles. The average Bonchev–Trinajstić information content (AvgIpc) is 3.27. The van der Waals surface area contributed by atoms with Crippen LogP contribution in [-0.2, 0) is 28.7 Å². The maximum absolute atomic E-state index is 12.9. The minimum Gasteiger partial charge on any atom is -0.444 e. The summed E-state index contributed by atoms with van der Waals surface area (Å²) in [5.74, 6) is -0.181. The number of benzene rings is 2. The van der Waals surface area contributed by atoms with E-state index in [4.69, 9.17) is 9.47 Å². The predicted octanol–water partition coefficient (Wildman–Crippen LogP) is 5.82. The van der Waals surface area contributed by atoms with Crippen LogP contribution in [0.5, 0.6) is 0 Å². The van der Waals surface area contributed by atoms with Gasteiger partial charge in [-0.1, -0.05) is 24.3 Å². The molecule has 1 N–H and O–H groups in total. The zero-order valence-electron chi connectivity index (χ0n) is 26.0. The Hall–Kier alpha value is -3.80. The molecule has 9 nitrogen and oxygen atoms in total. The molecule has 0 aliphatic carbocycles. The molecular weight excluding hydrogens is 589 g/mol. The third-order valence-electron chi connectivity index (χ3n) is 8.57. The number of nitrogens with one attached hydrogen (secondary N) is 1. The highest BCUT2D eigenvalue weighted by Crippen LogP contribution is 2.35. The van der Waals surface area contributed by atoms with Gasteiger partial charge >= 0.3 is 18.4 Å². The number of hydrogen-bond acceptors (Lipinski definition) is 6. The molecule has 0 bridgehead atoms. The summed E-state index contributed by atoms with van der Waals surface area (Å²) in [5, 5.41) is 3.06. The van der Waals surface area contributed by atoms with Crippen LogP contribution in [0.15, 0.2) is 48.5 Å². The number of carbonyl (C=O) groups is 3. The molecule has 3 fully saturated rings. The number of amides is 3. The molecule has 2 aromatic rings. The van der Waals surface area contributed by atoms with Crippen molar-refractivity contribution in [3.63, 3.8) is 0 Å². The standard InChI is InChI=1S/C33H41F3N4O5/c1-31(2,3)44-29(42)39-16-12-27(13-17-39)37-28(41)25-8-4-24(5-9-25)21-40-22-32(45-30(40)43)14-18-38(19-15-32)20-23-6-10-26(11-7-23)33(34,35)36/h4-11,27H,12-22H2,1-3H3,(H,37,41). The summed E-state index contributed by atoms with van der Waals surface area (Å²) < 4.78 is 49.9. The van der Waals surface area contributed by atoms with Crippen LogP contribution in [-0.4, -0.2) is 82.8 Å². The molecule has 45 heavy (non-hydrogen) atoms. The van der Waals surface area contributed by atoms with Gasteiger partial charge in [0.1, 0.15) is 11.2 Å². The monoisotopic (exact) mass is 630 g/mol. The van der Waals surface area contributed by atoms with Crippen LogP contribution in [0.1, 0.15) is 73.5 Å².